The van der Waals surface area contributed by atoms with E-state index in [2.05, 4.69) is 0 Å². The molecule has 0 aliphatic carbocycles. The second-order valence-corrected chi connectivity index (χ2v) is 3.23. The minimum Gasteiger partial charge on any atom is -0.386 e. The highest BCUT2D eigenvalue weighted by Gasteiger charge is 2.41. The Morgan fingerprint density at radius 1 is 1.73 bits per heavy atom. The van der Waals surface area contributed by atoms with Gasteiger partial charge in [0.05, 0.1) is 18.7 Å². The zero-order valence-electron chi connectivity index (χ0n) is 6.51. The van der Waals surface area contributed by atoms with Crippen LogP contribution < -0.4 is 0 Å². The van der Waals surface area contributed by atoms with Gasteiger partial charge in [0, 0.05) is 0 Å². The second-order valence-electron chi connectivity index (χ2n) is 2.96. The summed E-state index contributed by atoms with van der Waals surface area (Å²) in [6.45, 7) is 2.78. The van der Waals surface area contributed by atoms with Crippen molar-refractivity contribution >= 4 is 17.5 Å². The van der Waals surface area contributed by atoms with Gasteiger partial charge in [0.15, 0.2) is 0 Å². The first-order valence-corrected chi connectivity index (χ1v) is 4.21. The monoisotopic (exact) mass is 177 g/mol. The molecule has 11 heavy (non-hydrogen) atoms. The topological polar surface area (TPSA) is 40.5 Å². The highest BCUT2D eigenvalue weighted by atomic mass is 35.5. The molecule has 1 heterocycles. The molecule has 0 saturated carbocycles. The number of halogens is 1. The van der Waals surface area contributed by atoms with Crippen LogP contribution in [0.2, 0.25) is 0 Å². The van der Waals surface area contributed by atoms with E-state index in [9.17, 15) is 9.90 Å². The summed E-state index contributed by atoms with van der Waals surface area (Å²) in [5.41, 5.74) is -0.637. The average Bonchev–Trinajstić information content (AvgIpc) is 1.97. The Labute approximate surface area is 70.9 Å². The Morgan fingerprint density at radius 3 is 2.64 bits per heavy atom. The number of hydrogen-bond acceptors (Lipinski definition) is 2. The lowest BCUT2D eigenvalue weighted by atomic mass is 9.91. The minimum atomic E-state index is -0.637. The standard InChI is InChI=1S/C7H12ClNO2/c1-2-7(11)4-9(5-7)6(10)3-8/h11H,2-5H2,1H3. The number of aliphatic hydroxyl groups is 1. The molecule has 1 rings (SSSR count). The summed E-state index contributed by atoms with van der Waals surface area (Å²) in [5.74, 6) is -0.0791. The fourth-order valence-electron chi connectivity index (χ4n) is 1.15. The van der Waals surface area contributed by atoms with Crippen molar-refractivity contribution in [2.45, 2.75) is 18.9 Å². The molecule has 1 aliphatic heterocycles. The van der Waals surface area contributed by atoms with Gasteiger partial charge in [-0.1, -0.05) is 6.92 Å². The average molecular weight is 178 g/mol. The smallest absolute Gasteiger partial charge is 0.237 e. The lowest BCUT2D eigenvalue weighted by Crippen LogP contribution is -2.63. The number of carbonyl (C=O) groups excluding carboxylic acids is 1. The molecule has 4 heteroatoms. The van der Waals surface area contributed by atoms with Gasteiger partial charge in [0.25, 0.3) is 0 Å². The Balaban J connectivity index is 2.34. The van der Waals surface area contributed by atoms with Crippen LogP contribution in [0.25, 0.3) is 0 Å². The molecule has 0 aromatic heterocycles. The van der Waals surface area contributed by atoms with E-state index in [1.165, 1.54) is 0 Å². The van der Waals surface area contributed by atoms with Crippen LogP contribution in [0.5, 0.6) is 0 Å². The summed E-state index contributed by atoms with van der Waals surface area (Å²) < 4.78 is 0. The molecule has 1 amide bonds. The third-order valence-corrected chi connectivity index (χ3v) is 2.32. The lowest BCUT2D eigenvalue weighted by molar-refractivity contribution is -0.153. The molecule has 1 aliphatic rings. The molecule has 0 radical (unpaired) electrons. The fourth-order valence-corrected chi connectivity index (χ4v) is 1.32. The minimum absolute atomic E-state index is 0.0137. The predicted molar refractivity (Wildman–Crippen MR) is 42.5 cm³/mol. The van der Waals surface area contributed by atoms with E-state index < -0.39 is 5.60 Å². The van der Waals surface area contributed by atoms with Crippen molar-refractivity contribution < 1.29 is 9.90 Å². The molecule has 0 aromatic carbocycles. The van der Waals surface area contributed by atoms with Gasteiger partial charge >= 0.3 is 0 Å². The number of nitrogens with zero attached hydrogens (tertiary/aromatic N) is 1. The number of hydrogen-bond donors (Lipinski definition) is 1. The quantitative estimate of drug-likeness (QED) is 0.613. The van der Waals surface area contributed by atoms with Gasteiger partial charge in [-0.3, -0.25) is 4.79 Å². The van der Waals surface area contributed by atoms with Crippen molar-refractivity contribution in [3.63, 3.8) is 0 Å². The van der Waals surface area contributed by atoms with Gasteiger partial charge in [-0.25, -0.2) is 0 Å². The number of β-amino-alcohol motifs (C(OH)–C–C–N with tert-alkyl or cyclic N) is 1. The lowest BCUT2D eigenvalue weighted by Gasteiger charge is -2.45. The molecular formula is C7H12ClNO2. The van der Waals surface area contributed by atoms with Crippen LogP contribution in [0, 0.1) is 0 Å². The van der Waals surface area contributed by atoms with Crippen LogP contribution >= 0.6 is 11.6 Å². The zero-order chi connectivity index (χ0) is 8.48. The van der Waals surface area contributed by atoms with Crippen LogP contribution in [0.15, 0.2) is 0 Å². The van der Waals surface area contributed by atoms with Crippen molar-refractivity contribution in [2.24, 2.45) is 0 Å². The van der Waals surface area contributed by atoms with Crippen LogP contribution in [-0.4, -0.2) is 40.5 Å². The SMILES string of the molecule is CCC1(O)CN(C(=O)CCl)C1. The van der Waals surface area contributed by atoms with Gasteiger partial charge in [-0.2, -0.15) is 0 Å². The van der Waals surface area contributed by atoms with E-state index in [1.807, 2.05) is 6.92 Å². The van der Waals surface area contributed by atoms with E-state index in [1.54, 1.807) is 4.90 Å². The molecule has 1 fully saturated rings. The molecule has 3 nitrogen and oxygen atoms in total. The van der Waals surface area contributed by atoms with Crippen molar-refractivity contribution in [1.29, 1.82) is 0 Å². The number of alkyl halides is 1. The summed E-state index contributed by atoms with van der Waals surface area (Å²) in [6.07, 6.45) is 0.694. The summed E-state index contributed by atoms with van der Waals surface area (Å²) in [5, 5.41) is 9.50. The number of rotatable bonds is 2. The summed E-state index contributed by atoms with van der Waals surface area (Å²) >= 11 is 5.32. The van der Waals surface area contributed by atoms with E-state index in [-0.39, 0.29) is 11.8 Å². The predicted octanol–water partition coefficient (Wildman–Crippen LogP) is 0.208. The Morgan fingerprint density at radius 2 is 2.27 bits per heavy atom. The van der Waals surface area contributed by atoms with Crippen LogP contribution in [0.4, 0.5) is 0 Å². The van der Waals surface area contributed by atoms with Gasteiger partial charge < -0.3 is 10.0 Å². The molecule has 0 unspecified atom stereocenters. The van der Waals surface area contributed by atoms with Crippen molar-refractivity contribution in [3.05, 3.63) is 0 Å². The third-order valence-electron chi connectivity index (χ3n) is 2.10. The summed E-state index contributed by atoms with van der Waals surface area (Å²) in [6, 6.07) is 0. The van der Waals surface area contributed by atoms with Gasteiger partial charge in [0.1, 0.15) is 5.88 Å². The van der Waals surface area contributed by atoms with Crippen molar-refractivity contribution in [1.82, 2.24) is 4.90 Å². The first-order chi connectivity index (χ1) is 5.11. The van der Waals surface area contributed by atoms with Gasteiger partial charge in [0.2, 0.25) is 5.91 Å². The maximum atomic E-state index is 10.9. The Hall–Kier alpha value is -0.280. The molecule has 0 bridgehead atoms. The maximum Gasteiger partial charge on any atom is 0.237 e. The van der Waals surface area contributed by atoms with E-state index in [0.29, 0.717) is 19.5 Å². The number of amides is 1. The first kappa shape index (κ1) is 8.81. The van der Waals surface area contributed by atoms with E-state index in [0.717, 1.165) is 0 Å². The van der Waals surface area contributed by atoms with Crippen LogP contribution in [-0.2, 0) is 4.79 Å². The van der Waals surface area contributed by atoms with E-state index in [4.69, 9.17) is 11.6 Å². The maximum absolute atomic E-state index is 10.9. The zero-order valence-corrected chi connectivity index (χ0v) is 7.26. The Bertz CT molecular complexity index is 166. The van der Waals surface area contributed by atoms with Crippen molar-refractivity contribution in [3.8, 4) is 0 Å². The van der Waals surface area contributed by atoms with Crippen molar-refractivity contribution in [2.75, 3.05) is 19.0 Å². The van der Waals surface area contributed by atoms with Gasteiger partial charge in [-0.05, 0) is 6.42 Å². The Kier molecular flexibility index (Phi) is 2.40. The highest BCUT2D eigenvalue weighted by molar-refractivity contribution is 6.27. The molecule has 1 saturated heterocycles. The molecule has 0 spiro atoms. The largest absolute Gasteiger partial charge is 0.386 e. The van der Waals surface area contributed by atoms with Gasteiger partial charge in [-0.15, -0.1) is 11.6 Å². The first-order valence-electron chi connectivity index (χ1n) is 3.67. The fraction of sp³-hybridized carbons (Fsp3) is 0.857. The number of likely N-dealkylation sites (tertiary alicyclic amines) is 1. The highest BCUT2D eigenvalue weighted by Crippen LogP contribution is 2.23. The molecule has 0 atom stereocenters. The van der Waals surface area contributed by atoms with Crippen LogP contribution in [0.3, 0.4) is 0 Å². The second kappa shape index (κ2) is 2.99. The molecule has 1 N–H and O–H groups in total. The molecule has 0 aromatic rings. The van der Waals surface area contributed by atoms with E-state index >= 15 is 0 Å². The summed E-state index contributed by atoms with van der Waals surface area (Å²) in [4.78, 5) is 12.4. The normalized spacial score (nSPS) is 21.2. The third kappa shape index (κ3) is 1.65. The number of carbonyl (C=O) groups is 1. The molecular weight excluding hydrogens is 166 g/mol. The molecule has 64 valence electrons. The summed E-state index contributed by atoms with van der Waals surface area (Å²) in [7, 11) is 0. The van der Waals surface area contributed by atoms with Crippen LogP contribution in [0.1, 0.15) is 13.3 Å².